The predicted molar refractivity (Wildman–Crippen MR) is 52.6 cm³/mol. The molecule has 1 rings (SSSR count). The Kier molecular flexibility index (Phi) is 9.95. The molecule has 0 saturated heterocycles. The molecule has 0 aliphatic heterocycles. The molecule has 0 heterocycles. The molecule has 15 heavy (non-hydrogen) atoms. The predicted octanol–water partition coefficient (Wildman–Crippen LogP) is 2.56. The number of ketones is 2. The Hall–Kier alpha value is -2.27. The van der Waals surface area contributed by atoms with E-state index in [0.29, 0.717) is 5.03 Å². The number of nitrogens with one attached hydrogen (secondary N) is 1. The van der Waals surface area contributed by atoms with E-state index in [1.807, 2.05) is 0 Å². The van der Waals surface area contributed by atoms with Crippen molar-refractivity contribution >= 4 is 23.2 Å². The van der Waals surface area contributed by atoms with Gasteiger partial charge in [-0.1, -0.05) is 11.6 Å². The van der Waals surface area contributed by atoms with Crippen LogP contribution in [0.25, 0.3) is 26.4 Å². The Bertz CT molecular complexity index is 361. The van der Waals surface area contributed by atoms with Gasteiger partial charge in [0.15, 0.2) is 0 Å². The zero-order valence-corrected chi connectivity index (χ0v) is 7.92. The smallest absolute Gasteiger partial charge is 0.227 e. The molecular weight excluding hydrogens is 224 g/mol. The number of hydrogen-bond acceptors (Lipinski definition) is 3. The lowest BCUT2D eigenvalue weighted by atomic mass is 10.1. The summed E-state index contributed by atoms with van der Waals surface area (Å²) in [6.07, 6.45) is 3.65. The van der Waals surface area contributed by atoms with Crippen LogP contribution in [0.5, 0.6) is 0 Å². The fraction of sp³-hybridized carbons (Fsp3) is 0. The second-order valence-electron chi connectivity index (χ2n) is 1.78. The minimum Gasteiger partial charge on any atom is -0.373 e. The summed E-state index contributed by atoms with van der Waals surface area (Å²) >= 11 is 5.38. The number of carbonyl (C=O) groups is 2. The van der Waals surface area contributed by atoms with Crippen molar-refractivity contribution in [2.75, 3.05) is 0 Å². The van der Waals surface area contributed by atoms with Crippen molar-refractivity contribution < 1.29 is 9.59 Å². The number of nitrogens with zero attached hydrogens (tertiary/aromatic N) is 5. The fourth-order valence-electron chi connectivity index (χ4n) is 0.482. The van der Waals surface area contributed by atoms with Crippen LogP contribution in [0.3, 0.4) is 0 Å². The molecule has 0 aromatic rings. The Morgan fingerprint density at radius 3 is 1.80 bits per heavy atom. The van der Waals surface area contributed by atoms with Crippen molar-refractivity contribution in [2.45, 2.75) is 0 Å². The van der Waals surface area contributed by atoms with Gasteiger partial charge in [0.25, 0.3) is 0 Å². The van der Waals surface area contributed by atoms with Gasteiger partial charge in [0.1, 0.15) is 0 Å². The van der Waals surface area contributed by atoms with Crippen LogP contribution in [-0.4, -0.2) is 11.6 Å². The first-order chi connectivity index (χ1) is 7.03. The SMILES string of the molecule is O=C1C=CC(Cl)=CC1=O.[N-]=[N+]=N.[N-]=[N+]=[N-]. The molecular formula is C6H4ClN6O2-. The van der Waals surface area contributed by atoms with Crippen LogP contribution >= 0.6 is 11.6 Å². The maximum absolute atomic E-state index is 10.4. The Labute approximate surface area is 88.7 Å². The maximum Gasteiger partial charge on any atom is 0.227 e. The van der Waals surface area contributed by atoms with Crippen molar-refractivity contribution in [1.29, 1.82) is 5.53 Å². The monoisotopic (exact) mass is 227 g/mol. The number of hydrogen-bond donors (Lipinski definition) is 1. The lowest BCUT2D eigenvalue weighted by Crippen LogP contribution is -2.10. The summed E-state index contributed by atoms with van der Waals surface area (Å²) in [7, 11) is 0. The zero-order valence-electron chi connectivity index (χ0n) is 7.16. The van der Waals surface area contributed by atoms with Crippen LogP contribution in [0.1, 0.15) is 0 Å². The van der Waals surface area contributed by atoms with Crippen LogP contribution in [-0.2, 0) is 9.59 Å². The van der Waals surface area contributed by atoms with E-state index < -0.39 is 11.6 Å². The molecule has 78 valence electrons. The van der Waals surface area contributed by atoms with Gasteiger partial charge in [-0.15, -0.1) is 5.53 Å². The van der Waals surface area contributed by atoms with Crippen LogP contribution in [0.15, 0.2) is 23.3 Å². The molecule has 1 aliphatic rings. The summed E-state index contributed by atoms with van der Waals surface area (Å²) in [6, 6.07) is 0. The number of rotatable bonds is 0. The topological polar surface area (TPSA) is 153 Å². The molecule has 0 fully saturated rings. The highest BCUT2D eigenvalue weighted by molar-refractivity contribution is 6.49. The van der Waals surface area contributed by atoms with Crippen molar-refractivity contribution in [3.8, 4) is 0 Å². The van der Waals surface area contributed by atoms with E-state index in [0.717, 1.165) is 12.2 Å². The molecule has 0 amide bonds. The van der Waals surface area contributed by atoms with E-state index in [9.17, 15) is 9.59 Å². The lowest BCUT2D eigenvalue weighted by Gasteiger charge is -1.93. The third-order valence-electron chi connectivity index (χ3n) is 0.906. The molecule has 0 saturated carbocycles. The molecule has 0 atom stereocenters. The van der Waals surface area contributed by atoms with E-state index in [-0.39, 0.29) is 0 Å². The van der Waals surface area contributed by atoms with Gasteiger partial charge in [0, 0.05) is 11.1 Å². The number of halogens is 1. The van der Waals surface area contributed by atoms with Gasteiger partial charge in [0.05, 0.1) is 0 Å². The average molecular weight is 228 g/mol. The van der Waals surface area contributed by atoms with E-state index in [2.05, 4.69) is 0 Å². The summed E-state index contributed by atoms with van der Waals surface area (Å²) in [5.74, 6) is -1.07. The Balaban J connectivity index is 0. The van der Waals surface area contributed by atoms with Crippen LogP contribution in [0.2, 0.25) is 0 Å². The van der Waals surface area contributed by atoms with Gasteiger partial charge < -0.3 is 11.1 Å². The van der Waals surface area contributed by atoms with Crippen LogP contribution in [0.4, 0.5) is 0 Å². The van der Waals surface area contributed by atoms with E-state index in [4.69, 9.17) is 33.7 Å². The van der Waals surface area contributed by atoms with Crippen molar-refractivity contribution in [3.63, 3.8) is 0 Å². The van der Waals surface area contributed by atoms with Gasteiger partial charge >= 0.3 is 0 Å². The van der Waals surface area contributed by atoms with Gasteiger partial charge in [-0.25, -0.2) is 0 Å². The highest BCUT2D eigenvalue weighted by atomic mass is 35.5. The Morgan fingerprint density at radius 2 is 1.53 bits per heavy atom. The first-order valence-corrected chi connectivity index (χ1v) is 3.54. The summed E-state index contributed by atoms with van der Waals surface area (Å²) < 4.78 is 0. The largest absolute Gasteiger partial charge is 0.373 e. The third kappa shape index (κ3) is 9.65. The standard InChI is InChI=1S/C6H3ClO2.HN3.N3/c7-4-1-2-5(8)6(9)3-4;2*1-3-2/h1-3H;1H;/q;;-1. The van der Waals surface area contributed by atoms with Crippen molar-refractivity contribution in [2.24, 2.45) is 0 Å². The molecule has 8 nitrogen and oxygen atoms in total. The molecule has 1 N–H and O–H groups in total. The molecule has 0 radical (unpaired) electrons. The van der Waals surface area contributed by atoms with Gasteiger partial charge in [0.2, 0.25) is 11.6 Å². The van der Waals surface area contributed by atoms with Crippen LogP contribution < -0.4 is 0 Å². The summed E-state index contributed by atoms with van der Waals surface area (Å²) in [4.78, 5) is 24.1. The quantitative estimate of drug-likeness (QED) is 0.222. The zero-order chi connectivity index (χ0) is 12.3. The van der Waals surface area contributed by atoms with Crippen molar-refractivity contribution in [3.05, 3.63) is 49.7 Å². The lowest BCUT2D eigenvalue weighted by molar-refractivity contribution is -0.131. The summed E-state index contributed by atoms with van der Waals surface area (Å²) in [6.45, 7) is 0. The number of allylic oxidation sites excluding steroid dienone is 4. The molecule has 0 unspecified atom stereocenters. The minimum absolute atomic E-state index is 0.305. The summed E-state index contributed by atoms with van der Waals surface area (Å²) in [5.41, 5.74) is 25.8. The first kappa shape index (κ1) is 15.2. The first-order valence-electron chi connectivity index (χ1n) is 3.16. The molecule has 0 bridgehead atoms. The molecule has 1 aliphatic carbocycles. The number of carbonyl (C=O) groups excluding carboxylic acids is 2. The van der Waals surface area contributed by atoms with Gasteiger partial charge in [-0.2, -0.15) is 0 Å². The molecule has 9 heteroatoms. The molecule has 0 aromatic heterocycles. The second kappa shape index (κ2) is 9.82. The van der Waals surface area contributed by atoms with Crippen molar-refractivity contribution in [1.82, 2.24) is 0 Å². The fourth-order valence-corrected chi connectivity index (χ4v) is 0.644. The van der Waals surface area contributed by atoms with E-state index in [1.165, 1.54) is 11.0 Å². The molecule has 0 aromatic carbocycles. The van der Waals surface area contributed by atoms with Gasteiger partial charge in [-0.3, -0.25) is 14.5 Å². The van der Waals surface area contributed by atoms with E-state index >= 15 is 0 Å². The highest BCUT2D eigenvalue weighted by Gasteiger charge is 2.10. The third-order valence-corrected chi connectivity index (χ3v) is 1.14. The van der Waals surface area contributed by atoms with Gasteiger partial charge in [-0.05, 0) is 22.6 Å². The molecule has 0 spiro atoms. The Morgan fingerprint density at radius 1 is 1.13 bits per heavy atom. The maximum atomic E-state index is 10.4. The second-order valence-corrected chi connectivity index (χ2v) is 2.22. The summed E-state index contributed by atoms with van der Waals surface area (Å²) in [5, 5.41) is 0.305. The average Bonchev–Trinajstić information content (AvgIpc) is 2.14. The highest BCUT2D eigenvalue weighted by Crippen LogP contribution is 2.07. The minimum atomic E-state index is -0.553. The van der Waals surface area contributed by atoms with Crippen LogP contribution in [0, 0.1) is 5.53 Å². The normalized spacial score (nSPS) is 11.9. The van der Waals surface area contributed by atoms with E-state index in [1.54, 1.807) is 4.91 Å².